The second-order valence-electron chi connectivity index (χ2n) is 8.90. The van der Waals surface area contributed by atoms with Crippen LogP contribution in [0.2, 0.25) is 0 Å². The number of aryl methyl sites for hydroxylation is 1. The number of anilines is 1. The summed E-state index contributed by atoms with van der Waals surface area (Å²) >= 11 is 0. The highest BCUT2D eigenvalue weighted by Gasteiger charge is 2.36. The predicted octanol–water partition coefficient (Wildman–Crippen LogP) is 5.79. The van der Waals surface area contributed by atoms with E-state index in [1.54, 1.807) is 42.5 Å². The molecule has 4 aromatic carbocycles. The van der Waals surface area contributed by atoms with Gasteiger partial charge in [-0.1, -0.05) is 60.2 Å². The summed E-state index contributed by atoms with van der Waals surface area (Å²) in [5.74, 6) is -0.425. The topological polar surface area (TPSA) is 84.9 Å². The summed E-state index contributed by atoms with van der Waals surface area (Å²) < 4.78 is 11.9. The molecule has 38 heavy (non-hydrogen) atoms. The molecule has 0 saturated carbocycles. The van der Waals surface area contributed by atoms with Gasteiger partial charge >= 0.3 is 6.03 Å². The van der Waals surface area contributed by atoms with Gasteiger partial charge in [-0.05, 0) is 72.2 Å². The van der Waals surface area contributed by atoms with Crippen molar-refractivity contribution in [2.24, 2.45) is 0 Å². The number of hydrogen-bond acceptors (Lipinski definition) is 5. The molecule has 1 fully saturated rings. The van der Waals surface area contributed by atoms with E-state index in [2.05, 4.69) is 29.6 Å². The summed E-state index contributed by atoms with van der Waals surface area (Å²) in [7, 11) is 0. The van der Waals surface area contributed by atoms with E-state index >= 15 is 0 Å². The maximum Gasteiger partial charge on any atom is 0.335 e. The number of hydrogen-bond donors (Lipinski definition) is 1. The zero-order valence-electron chi connectivity index (χ0n) is 21.1. The first kappa shape index (κ1) is 24.8. The van der Waals surface area contributed by atoms with Crippen LogP contribution in [0.1, 0.15) is 23.6 Å². The van der Waals surface area contributed by atoms with Crippen LogP contribution in [0.5, 0.6) is 11.5 Å². The first-order valence-corrected chi connectivity index (χ1v) is 12.3. The smallest absolute Gasteiger partial charge is 0.335 e. The molecule has 1 N–H and O–H groups in total. The van der Waals surface area contributed by atoms with E-state index in [1.807, 2.05) is 32.0 Å². The molecule has 0 bridgehead atoms. The van der Waals surface area contributed by atoms with Crippen LogP contribution in [0.3, 0.4) is 0 Å². The van der Waals surface area contributed by atoms with Gasteiger partial charge in [-0.2, -0.15) is 0 Å². The molecule has 1 saturated heterocycles. The second kappa shape index (κ2) is 10.6. The molecule has 0 aromatic heterocycles. The Labute approximate surface area is 220 Å². The Morgan fingerprint density at radius 3 is 2.34 bits per heavy atom. The number of nitrogens with one attached hydrogen (secondary N) is 1. The van der Waals surface area contributed by atoms with Crippen molar-refractivity contribution < 1.29 is 23.9 Å². The lowest BCUT2D eigenvalue weighted by Gasteiger charge is -2.26. The maximum absolute atomic E-state index is 13.2. The third kappa shape index (κ3) is 5.13. The number of carbonyl (C=O) groups excluding carboxylic acids is 3. The van der Waals surface area contributed by atoms with Crippen LogP contribution in [0, 0.1) is 6.92 Å². The molecule has 5 rings (SSSR count). The number of urea groups is 1. The van der Waals surface area contributed by atoms with Gasteiger partial charge in [0, 0.05) is 0 Å². The molecule has 4 aromatic rings. The SMILES string of the molecule is CCOc1cc(/C=C2\C(=O)NC(=O)N(c3ccc(C)cc3)C2=O)ccc1OCc1ccc2ccccc2c1. The van der Waals surface area contributed by atoms with Gasteiger partial charge in [0.05, 0.1) is 12.3 Å². The van der Waals surface area contributed by atoms with Crippen LogP contribution in [0.15, 0.2) is 90.5 Å². The maximum atomic E-state index is 13.2. The number of imide groups is 2. The summed E-state index contributed by atoms with van der Waals surface area (Å²) in [6, 6.07) is 25.6. The van der Waals surface area contributed by atoms with Gasteiger partial charge in [0.25, 0.3) is 11.8 Å². The Hall–Kier alpha value is -4.91. The van der Waals surface area contributed by atoms with Crippen LogP contribution in [0.4, 0.5) is 10.5 Å². The molecule has 1 heterocycles. The summed E-state index contributed by atoms with van der Waals surface area (Å²) in [4.78, 5) is 39.2. The largest absolute Gasteiger partial charge is 0.490 e. The number of nitrogens with zero attached hydrogens (tertiary/aromatic N) is 1. The zero-order chi connectivity index (χ0) is 26.6. The van der Waals surface area contributed by atoms with E-state index < -0.39 is 17.8 Å². The number of ether oxygens (including phenoxy) is 2. The van der Waals surface area contributed by atoms with E-state index in [-0.39, 0.29) is 5.57 Å². The summed E-state index contributed by atoms with van der Waals surface area (Å²) in [5.41, 5.74) is 2.78. The minimum atomic E-state index is -0.784. The molecule has 7 heteroatoms. The van der Waals surface area contributed by atoms with E-state index in [0.717, 1.165) is 26.8 Å². The van der Waals surface area contributed by atoms with E-state index in [9.17, 15) is 14.4 Å². The normalized spacial score (nSPS) is 14.6. The molecular weight excluding hydrogens is 480 g/mol. The van der Waals surface area contributed by atoms with Crippen molar-refractivity contribution in [3.63, 3.8) is 0 Å². The van der Waals surface area contributed by atoms with Gasteiger partial charge in [-0.25, -0.2) is 9.69 Å². The van der Waals surface area contributed by atoms with Crippen molar-refractivity contribution in [3.05, 3.63) is 107 Å². The standard InChI is InChI=1S/C31H26N2O5/c1-3-37-28-18-21(11-15-27(28)38-19-22-10-12-23-6-4-5-7-24(23)16-22)17-26-29(34)32-31(36)33(30(26)35)25-13-8-20(2)9-14-25/h4-18H,3,19H2,1-2H3,(H,32,34,36)/b26-17+. The number of carbonyl (C=O) groups is 3. The van der Waals surface area contributed by atoms with Crippen molar-refractivity contribution in [2.75, 3.05) is 11.5 Å². The monoisotopic (exact) mass is 506 g/mol. The molecule has 1 aliphatic rings. The Balaban J connectivity index is 1.39. The highest BCUT2D eigenvalue weighted by molar-refractivity contribution is 6.39. The van der Waals surface area contributed by atoms with Gasteiger partial charge in [-0.15, -0.1) is 0 Å². The highest BCUT2D eigenvalue weighted by Crippen LogP contribution is 2.31. The molecule has 0 radical (unpaired) electrons. The molecule has 1 aliphatic heterocycles. The molecule has 7 nitrogen and oxygen atoms in total. The van der Waals surface area contributed by atoms with Crippen LogP contribution >= 0.6 is 0 Å². The lowest BCUT2D eigenvalue weighted by Crippen LogP contribution is -2.54. The Morgan fingerprint density at radius 2 is 1.58 bits per heavy atom. The predicted molar refractivity (Wildman–Crippen MR) is 146 cm³/mol. The zero-order valence-corrected chi connectivity index (χ0v) is 21.1. The van der Waals surface area contributed by atoms with E-state index in [0.29, 0.717) is 36.0 Å². The lowest BCUT2D eigenvalue weighted by molar-refractivity contribution is -0.122. The first-order chi connectivity index (χ1) is 18.4. The van der Waals surface area contributed by atoms with E-state index in [4.69, 9.17) is 9.47 Å². The van der Waals surface area contributed by atoms with Crippen LogP contribution in [-0.4, -0.2) is 24.5 Å². The molecule has 0 atom stereocenters. The van der Waals surface area contributed by atoms with Crippen molar-refractivity contribution in [1.82, 2.24) is 5.32 Å². The second-order valence-corrected chi connectivity index (χ2v) is 8.90. The number of rotatable bonds is 7. The van der Waals surface area contributed by atoms with Gasteiger partial charge in [0.2, 0.25) is 0 Å². The minimum Gasteiger partial charge on any atom is -0.490 e. The van der Waals surface area contributed by atoms with Crippen molar-refractivity contribution in [2.45, 2.75) is 20.5 Å². The number of amides is 4. The average molecular weight is 507 g/mol. The third-order valence-electron chi connectivity index (χ3n) is 6.18. The van der Waals surface area contributed by atoms with Crippen molar-refractivity contribution in [3.8, 4) is 11.5 Å². The van der Waals surface area contributed by atoms with Crippen LogP contribution in [-0.2, 0) is 16.2 Å². The fraction of sp³-hybridized carbons (Fsp3) is 0.129. The number of barbiturate groups is 1. The van der Waals surface area contributed by atoms with Gasteiger partial charge in [0.15, 0.2) is 11.5 Å². The molecule has 0 aliphatic carbocycles. The quantitative estimate of drug-likeness (QED) is 0.253. The Bertz CT molecular complexity index is 1570. The summed E-state index contributed by atoms with van der Waals surface area (Å²) in [5, 5.41) is 4.54. The van der Waals surface area contributed by atoms with Crippen molar-refractivity contribution >= 4 is 40.4 Å². The van der Waals surface area contributed by atoms with Crippen molar-refractivity contribution in [1.29, 1.82) is 0 Å². The summed E-state index contributed by atoms with van der Waals surface area (Å²) in [6.07, 6.45) is 1.45. The lowest BCUT2D eigenvalue weighted by atomic mass is 10.1. The molecular formula is C31H26N2O5. The van der Waals surface area contributed by atoms with Gasteiger partial charge in [0.1, 0.15) is 12.2 Å². The Kier molecular flexibility index (Phi) is 6.91. The fourth-order valence-electron chi connectivity index (χ4n) is 4.24. The summed E-state index contributed by atoms with van der Waals surface area (Å²) in [6.45, 7) is 4.52. The average Bonchev–Trinajstić information content (AvgIpc) is 2.91. The fourth-order valence-corrected chi connectivity index (χ4v) is 4.24. The third-order valence-corrected chi connectivity index (χ3v) is 6.18. The van der Waals surface area contributed by atoms with Crippen LogP contribution < -0.4 is 19.7 Å². The molecule has 190 valence electrons. The molecule has 0 spiro atoms. The van der Waals surface area contributed by atoms with E-state index in [1.165, 1.54) is 6.08 Å². The molecule has 0 unspecified atom stereocenters. The Morgan fingerprint density at radius 1 is 0.816 bits per heavy atom. The molecule has 4 amide bonds. The van der Waals surface area contributed by atoms with Crippen LogP contribution in [0.25, 0.3) is 16.8 Å². The number of benzene rings is 4. The van der Waals surface area contributed by atoms with Gasteiger partial charge in [-0.3, -0.25) is 14.9 Å². The highest BCUT2D eigenvalue weighted by atomic mass is 16.5. The number of fused-ring (bicyclic) bond motifs is 1. The minimum absolute atomic E-state index is 0.155. The van der Waals surface area contributed by atoms with Gasteiger partial charge < -0.3 is 9.47 Å². The first-order valence-electron chi connectivity index (χ1n) is 12.3.